The van der Waals surface area contributed by atoms with E-state index in [4.69, 9.17) is 26.1 Å². The molecule has 32 heavy (non-hydrogen) atoms. The van der Waals surface area contributed by atoms with Gasteiger partial charge in [0.25, 0.3) is 5.91 Å². The average molecular weight is 524 g/mol. The minimum absolute atomic E-state index is 0.00892. The van der Waals surface area contributed by atoms with Gasteiger partial charge >= 0.3 is 12.1 Å². The molecule has 176 valence electrons. The number of nitrogens with zero attached hydrogens (tertiary/aromatic N) is 4. The highest BCUT2D eigenvalue weighted by Crippen LogP contribution is 2.25. The van der Waals surface area contributed by atoms with Crippen LogP contribution in [0.5, 0.6) is 5.75 Å². The van der Waals surface area contributed by atoms with Crippen LogP contribution in [0.15, 0.2) is 33.9 Å². The summed E-state index contributed by atoms with van der Waals surface area (Å²) in [6, 6.07) is 5.88. The van der Waals surface area contributed by atoms with Crippen LogP contribution >= 0.6 is 15.9 Å². The van der Waals surface area contributed by atoms with Gasteiger partial charge in [0.2, 0.25) is 0 Å². The Kier molecular flexibility index (Phi) is 10.4. The monoisotopic (exact) mass is 523 g/mol. The van der Waals surface area contributed by atoms with E-state index in [0.717, 1.165) is 22.2 Å². The molecule has 0 bridgehead atoms. The lowest BCUT2D eigenvalue weighted by molar-refractivity contribution is -0.192. The number of carboxylic acid groups (broad SMARTS) is 1. The van der Waals surface area contributed by atoms with Crippen LogP contribution in [0.3, 0.4) is 0 Å². The number of ether oxygens (including phenoxy) is 1. The van der Waals surface area contributed by atoms with Gasteiger partial charge in [0.1, 0.15) is 5.75 Å². The number of aliphatic imine (C=N–C) groups is 1. The van der Waals surface area contributed by atoms with Crippen molar-refractivity contribution in [1.29, 1.82) is 0 Å². The molecule has 1 aromatic carbocycles. The molecule has 0 radical (unpaired) electrons. The quantitative estimate of drug-likeness (QED) is 0.224. The molecule has 0 fully saturated rings. The van der Waals surface area contributed by atoms with Crippen LogP contribution in [0.2, 0.25) is 0 Å². The van der Waals surface area contributed by atoms with Gasteiger partial charge in [-0.1, -0.05) is 11.3 Å². The zero-order valence-corrected chi connectivity index (χ0v) is 18.4. The van der Waals surface area contributed by atoms with E-state index >= 15 is 0 Å². The first-order valence-electron chi connectivity index (χ1n) is 8.80. The third-order valence-electron chi connectivity index (χ3n) is 3.55. The number of benzene rings is 1. The number of rotatable bonds is 8. The molecule has 11 nitrogen and oxygen atoms in total. The first-order chi connectivity index (χ1) is 14.9. The lowest BCUT2D eigenvalue weighted by Gasteiger charge is -2.06. The molecule has 6 N–H and O–H groups in total. The Labute approximate surface area is 188 Å². The summed E-state index contributed by atoms with van der Waals surface area (Å²) in [6.45, 7) is 1.24. The number of carbonyl (C=O) groups excluding carboxylic acids is 1. The molecule has 0 saturated heterocycles. The van der Waals surface area contributed by atoms with Gasteiger partial charge in [-0.3, -0.25) is 14.5 Å². The molecular weight excluding hydrogens is 503 g/mol. The number of halogens is 4. The van der Waals surface area contributed by atoms with E-state index in [1.807, 2.05) is 18.2 Å². The van der Waals surface area contributed by atoms with Crippen molar-refractivity contribution in [2.75, 3.05) is 20.2 Å². The van der Waals surface area contributed by atoms with Crippen molar-refractivity contribution in [3.8, 4) is 5.75 Å². The van der Waals surface area contributed by atoms with E-state index in [1.54, 1.807) is 18.0 Å². The second kappa shape index (κ2) is 12.5. The Morgan fingerprint density at radius 1 is 1.34 bits per heavy atom. The molecule has 1 heterocycles. The van der Waals surface area contributed by atoms with Crippen molar-refractivity contribution in [2.45, 2.75) is 19.1 Å². The van der Waals surface area contributed by atoms with E-state index in [-0.39, 0.29) is 17.6 Å². The summed E-state index contributed by atoms with van der Waals surface area (Å²) in [6.07, 6.45) is -2.73. The number of alkyl halides is 3. The van der Waals surface area contributed by atoms with E-state index in [1.165, 1.54) is 0 Å². The molecule has 0 spiro atoms. The number of aliphatic carboxylic acids is 1. The summed E-state index contributed by atoms with van der Waals surface area (Å²) in [4.78, 5) is 24.6. The summed E-state index contributed by atoms with van der Waals surface area (Å²) in [7, 11) is 1.62. The lowest BCUT2D eigenvalue weighted by atomic mass is 10.1. The van der Waals surface area contributed by atoms with Crippen molar-refractivity contribution in [3.05, 3.63) is 40.1 Å². The Morgan fingerprint density at radius 2 is 2.00 bits per heavy atom. The summed E-state index contributed by atoms with van der Waals surface area (Å²) in [5, 5.41) is 17.6. The zero-order chi connectivity index (χ0) is 24.3. The highest BCUT2D eigenvalue weighted by Gasteiger charge is 2.38. The first kappa shape index (κ1) is 26.7. The van der Waals surface area contributed by atoms with Crippen LogP contribution in [0, 0.1) is 0 Å². The minimum atomic E-state index is -5.08. The largest absolute Gasteiger partial charge is 0.496 e. The molecule has 0 atom stereocenters. The number of methoxy groups -OCH3 is 1. The van der Waals surface area contributed by atoms with Crippen LogP contribution in [-0.4, -0.2) is 64.3 Å². The number of hydrogen-bond donors (Lipinski definition) is 4. The van der Waals surface area contributed by atoms with Gasteiger partial charge in [-0.2, -0.15) is 13.2 Å². The summed E-state index contributed by atoms with van der Waals surface area (Å²) in [5.74, 6) is -2.30. The van der Waals surface area contributed by atoms with Crippen molar-refractivity contribution < 1.29 is 32.6 Å². The van der Waals surface area contributed by atoms with Gasteiger partial charge in [-0.25, -0.2) is 4.79 Å². The van der Waals surface area contributed by atoms with Crippen molar-refractivity contribution >= 4 is 33.8 Å². The van der Waals surface area contributed by atoms with Gasteiger partial charge in [-0.05, 0) is 40.0 Å². The molecule has 0 aliphatic heterocycles. The molecule has 1 aromatic heterocycles. The molecule has 0 aliphatic rings. The smallest absolute Gasteiger partial charge is 0.490 e. The second-order valence-electron chi connectivity index (χ2n) is 5.95. The van der Waals surface area contributed by atoms with Crippen molar-refractivity contribution in [1.82, 2.24) is 20.3 Å². The van der Waals surface area contributed by atoms with Gasteiger partial charge in [0, 0.05) is 13.1 Å². The highest BCUT2D eigenvalue weighted by molar-refractivity contribution is 9.10. The molecule has 0 aliphatic carbocycles. The lowest BCUT2D eigenvalue weighted by Crippen LogP contribution is -2.29. The van der Waals surface area contributed by atoms with Crippen LogP contribution in [-0.2, 0) is 17.8 Å². The molecule has 2 aromatic rings. The van der Waals surface area contributed by atoms with Crippen molar-refractivity contribution in [3.63, 3.8) is 0 Å². The Morgan fingerprint density at radius 3 is 2.53 bits per heavy atom. The Hall–Kier alpha value is -3.36. The van der Waals surface area contributed by atoms with E-state index in [2.05, 4.69) is 36.6 Å². The number of carbonyl (C=O) groups is 2. The predicted molar refractivity (Wildman–Crippen MR) is 111 cm³/mol. The fraction of sp³-hybridized carbons (Fsp3) is 0.353. The van der Waals surface area contributed by atoms with Crippen LogP contribution in [0.1, 0.15) is 16.1 Å². The molecule has 15 heteroatoms. The topological polar surface area (TPSA) is 171 Å². The third kappa shape index (κ3) is 9.63. The molecule has 2 rings (SSSR count). The summed E-state index contributed by atoms with van der Waals surface area (Å²) >= 11 is 3.46. The first-order valence-corrected chi connectivity index (χ1v) is 9.59. The Balaban J connectivity index is 0.000000633. The van der Waals surface area contributed by atoms with Gasteiger partial charge in [-0.15, -0.1) is 5.10 Å². The molecule has 1 amide bonds. The number of nitrogens with two attached hydrogens (primary N) is 2. The third-order valence-corrected chi connectivity index (χ3v) is 4.17. The van der Waals surface area contributed by atoms with Crippen LogP contribution < -0.4 is 21.5 Å². The predicted octanol–water partition coefficient (Wildman–Crippen LogP) is 0.928. The average Bonchev–Trinajstić information content (AvgIpc) is 3.18. The number of nitrogens with one attached hydrogen (secondary N) is 1. The minimum Gasteiger partial charge on any atom is -0.496 e. The number of carboxylic acids is 1. The second-order valence-corrected chi connectivity index (χ2v) is 6.81. The maximum atomic E-state index is 11.9. The standard InChI is InChI=1S/C15H20BrN7O2.C2HF3O2/c1-25-13-3-2-10(8-11(13)16)4-7-23-9-12(21-22-23)14(24)19-5-6-20-15(17)18;3-2(4,5)1(6)7/h2-3,8-9H,4-7H2,1H3,(H,19,24)(H4,17,18,20);(H,6,7). The number of aryl methyl sites for hydroxylation is 2. The number of amides is 1. The molecular formula is C17H21BrF3N7O4. The fourth-order valence-electron chi connectivity index (χ4n) is 2.07. The maximum Gasteiger partial charge on any atom is 0.490 e. The number of aromatic nitrogens is 3. The molecule has 0 saturated carbocycles. The maximum absolute atomic E-state index is 11.9. The van der Waals surface area contributed by atoms with E-state index in [0.29, 0.717) is 19.6 Å². The van der Waals surface area contributed by atoms with Gasteiger partial charge < -0.3 is 26.6 Å². The zero-order valence-electron chi connectivity index (χ0n) is 16.8. The van der Waals surface area contributed by atoms with Crippen molar-refractivity contribution in [2.24, 2.45) is 16.5 Å². The SMILES string of the molecule is COc1ccc(CCn2cc(C(=O)NCCN=C(N)N)nn2)cc1Br.O=C(O)C(F)(F)F. The summed E-state index contributed by atoms with van der Waals surface area (Å²) < 4.78 is 39.5. The molecule has 0 unspecified atom stereocenters. The van der Waals surface area contributed by atoms with Crippen LogP contribution in [0.25, 0.3) is 0 Å². The van der Waals surface area contributed by atoms with Gasteiger partial charge in [0.15, 0.2) is 11.7 Å². The normalized spacial score (nSPS) is 10.5. The summed E-state index contributed by atoms with van der Waals surface area (Å²) in [5.41, 5.74) is 11.8. The van der Waals surface area contributed by atoms with Crippen LogP contribution in [0.4, 0.5) is 13.2 Å². The highest BCUT2D eigenvalue weighted by atomic mass is 79.9. The van der Waals surface area contributed by atoms with E-state index < -0.39 is 12.1 Å². The number of hydrogen-bond acceptors (Lipinski definition) is 6. The van der Waals surface area contributed by atoms with E-state index in [9.17, 15) is 18.0 Å². The fourth-order valence-corrected chi connectivity index (χ4v) is 2.65. The number of guanidine groups is 1. The van der Waals surface area contributed by atoms with Gasteiger partial charge in [0.05, 0.1) is 24.3 Å². The Bertz CT molecular complexity index is 946.